The van der Waals surface area contributed by atoms with Gasteiger partial charge in [0.2, 0.25) is 0 Å². The van der Waals surface area contributed by atoms with Crippen LogP contribution < -0.4 is 0 Å². The van der Waals surface area contributed by atoms with Gasteiger partial charge in [0.15, 0.2) is 0 Å². The maximum absolute atomic E-state index is 8.84. The van der Waals surface area contributed by atoms with Gasteiger partial charge in [-0.05, 0) is 24.9 Å². The monoisotopic (exact) mass is 173 g/mol. The van der Waals surface area contributed by atoms with Crippen molar-refractivity contribution in [3.05, 3.63) is 0 Å². The highest BCUT2D eigenvalue weighted by atomic mass is 16.3. The van der Waals surface area contributed by atoms with Crippen molar-refractivity contribution in [3.8, 4) is 0 Å². The fourth-order valence-electron chi connectivity index (χ4n) is 1.43. The van der Waals surface area contributed by atoms with Crippen molar-refractivity contribution in [1.82, 2.24) is 4.90 Å². The molecule has 0 saturated heterocycles. The Morgan fingerprint density at radius 1 is 1.17 bits per heavy atom. The molecule has 0 fully saturated rings. The summed E-state index contributed by atoms with van der Waals surface area (Å²) in [7, 11) is 0. The molecule has 0 aliphatic carbocycles. The molecule has 12 heavy (non-hydrogen) atoms. The summed E-state index contributed by atoms with van der Waals surface area (Å²) in [4.78, 5) is 2.40. The molecule has 0 aliphatic rings. The third kappa shape index (κ3) is 4.73. The van der Waals surface area contributed by atoms with Crippen LogP contribution in [-0.4, -0.2) is 36.2 Å². The van der Waals surface area contributed by atoms with E-state index in [1.807, 2.05) is 0 Å². The van der Waals surface area contributed by atoms with Crippen molar-refractivity contribution < 1.29 is 5.11 Å². The highest BCUT2D eigenvalue weighted by molar-refractivity contribution is 4.72. The van der Waals surface area contributed by atoms with Crippen LogP contribution in [0.3, 0.4) is 0 Å². The normalized spacial score (nSPS) is 12.5. The van der Waals surface area contributed by atoms with Crippen molar-refractivity contribution in [2.75, 3.05) is 26.2 Å². The van der Waals surface area contributed by atoms with Crippen molar-refractivity contribution in [2.24, 2.45) is 5.41 Å². The average molecular weight is 173 g/mol. The summed E-state index contributed by atoms with van der Waals surface area (Å²) >= 11 is 0. The maximum Gasteiger partial charge on any atom is 0.0436 e. The molecule has 0 unspecified atom stereocenters. The summed E-state index contributed by atoms with van der Waals surface area (Å²) in [6.45, 7) is 12.4. The second kappa shape index (κ2) is 5.55. The summed E-state index contributed by atoms with van der Waals surface area (Å²) in [6.07, 6.45) is 0.892. The molecule has 74 valence electrons. The van der Waals surface area contributed by atoms with E-state index in [1.54, 1.807) is 0 Å². The van der Waals surface area contributed by atoms with Crippen LogP contribution >= 0.6 is 0 Å². The van der Waals surface area contributed by atoms with E-state index >= 15 is 0 Å². The molecule has 0 heterocycles. The summed E-state index contributed by atoms with van der Waals surface area (Å²) in [5.41, 5.74) is 0.251. The molecular formula is C10H23NO. The van der Waals surface area contributed by atoms with Gasteiger partial charge in [0.25, 0.3) is 0 Å². The van der Waals surface area contributed by atoms with E-state index in [0.29, 0.717) is 6.61 Å². The van der Waals surface area contributed by atoms with Gasteiger partial charge in [0, 0.05) is 13.2 Å². The first-order chi connectivity index (χ1) is 5.55. The highest BCUT2D eigenvalue weighted by Crippen LogP contribution is 2.20. The van der Waals surface area contributed by atoms with Crippen LogP contribution in [0.2, 0.25) is 0 Å². The Morgan fingerprint density at radius 2 is 1.67 bits per heavy atom. The van der Waals surface area contributed by atoms with E-state index < -0.39 is 0 Å². The number of hydrogen-bond donors (Lipinski definition) is 1. The molecule has 2 nitrogen and oxygen atoms in total. The van der Waals surface area contributed by atoms with Crippen LogP contribution in [0.4, 0.5) is 0 Å². The Bertz CT molecular complexity index is 108. The van der Waals surface area contributed by atoms with Crippen molar-refractivity contribution in [2.45, 2.75) is 34.1 Å². The maximum atomic E-state index is 8.84. The van der Waals surface area contributed by atoms with Gasteiger partial charge in [0.1, 0.15) is 0 Å². The van der Waals surface area contributed by atoms with E-state index in [4.69, 9.17) is 5.11 Å². The Balaban J connectivity index is 3.84. The quantitative estimate of drug-likeness (QED) is 0.661. The Morgan fingerprint density at radius 3 is 2.00 bits per heavy atom. The van der Waals surface area contributed by atoms with E-state index in [9.17, 15) is 0 Å². The van der Waals surface area contributed by atoms with Gasteiger partial charge < -0.3 is 10.0 Å². The fourth-order valence-corrected chi connectivity index (χ4v) is 1.43. The number of nitrogens with zero attached hydrogens (tertiary/aromatic N) is 1. The molecule has 0 spiro atoms. The van der Waals surface area contributed by atoms with Gasteiger partial charge in [-0.15, -0.1) is 0 Å². The average Bonchev–Trinajstić information content (AvgIpc) is 2.00. The molecule has 0 amide bonds. The van der Waals surface area contributed by atoms with Crippen LogP contribution in [0.25, 0.3) is 0 Å². The molecule has 0 saturated carbocycles. The van der Waals surface area contributed by atoms with Crippen LogP contribution in [0.5, 0.6) is 0 Å². The standard InChI is InChI=1S/C10H23NO/c1-5-11(6-2)9-10(3,4)7-8-12/h12H,5-9H2,1-4H3. The first-order valence-electron chi connectivity index (χ1n) is 4.89. The minimum absolute atomic E-state index is 0.251. The van der Waals surface area contributed by atoms with Gasteiger partial charge in [-0.1, -0.05) is 27.7 Å². The van der Waals surface area contributed by atoms with Crippen LogP contribution in [0.1, 0.15) is 34.1 Å². The Hall–Kier alpha value is -0.0800. The Labute approximate surface area is 76.6 Å². The van der Waals surface area contributed by atoms with Gasteiger partial charge >= 0.3 is 0 Å². The zero-order chi connectivity index (χ0) is 9.61. The Kier molecular flexibility index (Phi) is 5.51. The molecule has 1 N–H and O–H groups in total. The molecule has 0 atom stereocenters. The van der Waals surface area contributed by atoms with Crippen LogP contribution in [0, 0.1) is 5.41 Å². The van der Waals surface area contributed by atoms with E-state index in [0.717, 1.165) is 26.1 Å². The highest BCUT2D eigenvalue weighted by Gasteiger charge is 2.19. The second-order valence-corrected chi connectivity index (χ2v) is 4.10. The van der Waals surface area contributed by atoms with Gasteiger partial charge in [0.05, 0.1) is 0 Å². The lowest BCUT2D eigenvalue weighted by atomic mass is 9.89. The molecule has 2 heteroatoms. The zero-order valence-corrected chi connectivity index (χ0v) is 8.93. The fraction of sp³-hybridized carbons (Fsp3) is 1.00. The molecular weight excluding hydrogens is 150 g/mol. The minimum Gasteiger partial charge on any atom is -0.396 e. The lowest BCUT2D eigenvalue weighted by Gasteiger charge is -2.30. The zero-order valence-electron chi connectivity index (χ0n) is 8.93. The van der Waals surface area contributed by atoms with E-state index in [2.05, 4.69) is 32.6 Å². The minimum atomic E-state index is 0.251. The lowest BCUT2D eigenvalue weighted by molar-refractivity contribution is 0.148. The predicted molar refractivity (Wildman–Crippen MR) is 53.3 cm³/mol. The first kappa shape index (κ1) is 11.9. The van der Waals surface area contributed by atoms with E-state index in [-0.39, 0.29) is 5.41 Å². The molecule has 0 aromatic heterocycles. The molecule has 0 aliphatic heterocycles. The van der Waals surface area contributed by atoms with Gasteiger partial charge in [-0.25, -0.2) is 0 Å². The molecule has 0 bridgehead atoms. The van der Waals surface area contributed by atoms with Gasteiger partial charge in [-0.2, -0.15) is 0 Å². The largest absolute Gasteiger partial charge is 0.396 e. The number of rotatable bonds is 6. The number of aliphatic hydroxyl groups is 1. The summed E-state index contributed by atoms with van der Waals surface area (Å²) in [6, 6.07) is 0. The molecule has 0 radical (unpaired) electrons. The molecule has 0 aromatic rings. The topological polar surface area (TPSA) is 23.5 Å². The van der Waals surface area contributed by atoms with Crippen LogP contribution in [0.15, 0.2) is 0 Å². The lowest BCUT2D eigenvalue weighted by Crippen LogP contribution is -2.34. The second-order valence-electron chi connectivity index (χ2n) is 4.10. The van der Waals surface area contributed by atoms with Gasteiger partial charge in [-0.3, -0.25) is 0 Å². The van der Waals surface area contributed by atoms with Crippen molar-refractivity contribution in [1.29, 1.82) is 0 Å². The van der Waals surface area contributed by atoms with Crippen LogP contribution in [-0.2, 0) is 0 Å². The smallest absolute Gasteiger partial charge is 0.0436 e. The number of hydrogen-bond acceptors (Lipinski definition) is 2. The third-order valence-corrected chi connectivity index (χ3v) is 2.33. The third-order valence-electron chi connectivity index (χ3n) is 2.33. The predicted octanol–water partition coefficient (Wildman–Crippen LogP) is 1.74. The van der Waals surface area contributed by atoms with E-state index in [1.165, 1.54) is 0 Å². The first-order valence-corrected chi connectivity index (χ1v) is 4.89. The summed E-state index contributed by atoms with van der Waals surface area (Å²) in [5.74, 6) is 0. The molecule has 0 rings (SSSR count). The van der Waals surface area contributed by atoms with Crippen molar-refractivity contribution in [3.63, 3.8) is 0 Å². The molecule has 0 aromatic carbocycles. The summed E-state index contributed by atoms with van der Waals surface area (Å²) < 4.78 is 0. The SMILES string of the molecule is CCN(CC)CC(C)(C)CCO. The summed E-state index contributed by atoms with van der Waals surface area (Å²) in [5, 5.41) is 8.84. The number of aliphatic hydroxyl groups excluding tert-OH is 1. The van der Waals surface area contributed by atoms with Crippen molar-refractivity contribution >= 4 is 0 Å².